The van der Waals surface area contributed by atoms with Gasteiger partial charge in [0.2, 0.25) is 0 Å². The van der Waals surface area contributed by atoms with E-state index in [-0.39, 0.29) is 21.7 Å². The van der Waals surface area contributed by atoms with Gasteiger partial charge in [0.05, 0.1) is 0 Å². The van der Waals surface area contributed by atoms with Crippen molar-refractivity contribution in [1.29, 1.82) is 0 Å². The van der Waals surface area contributed by atoms with E-state index in [1.165, 1.54) is 0 Å². The minimum Gasteiger partial charge on any atom is -0.222 e. The van der Waals surface area contributed by atoms with Crippen molar-refractivity contribution in [3.63, 3.8) is 0 Å². The van der Waals surface area contributed by atoms with Crippen LogP contribution in [0.25, 0.3) is 0 Å². The number of rotatable bonds is 0. The molecule has 0 saturated carbocycles. The molecule has 0 heterocycles. The molecule has 0 unspecified atom stereocenters. The zero-order valence-electron chi connectivity index (χ0n) is 8.54. The van der Waals surface area contributed by atoms with Crippen LogP contribution in [0, 0.1) is 41.0 Å². The van der Waals surface area contributed by atoms with E-state index in [1.54, 1.807) is 0 Å². The van der Waals surface area contributed by atoms with Crippen LogP contribution < -0.4 is 74.5 Å². The molecular weight excluding hydrogens is 446 g/mol. The minimum absolute atomic E-state index is 0. The third-order valence-corrected chi connectivity index (χ3v) is 0. The summed E-state index contributed by atoms with van der Waals surface area (Å²) in [6, 6.07) is 0. The average molecular weight is 446 g/mol. The molecule has 0 aromatic rings. The van der Waals surface area contributed by atoms with Crippen LogP contribution in [0.15, 0.2) is 0 Å². The van der Waals surface area contributed by atoms with E-state index >= 15 is 0 Å². The van der Waals surface area contributed by atoms with Crippen LogP contribution in [0.4, 0.5) is 0 Å². The van der Waals surface area contributed by atoms with Crippen molar-refractivity contribution in [3.8, 4) is 0 Å². The second-order valence-electron chi connectivity index (χ2n) is 1.51. The topological polar surface area (TPSA) is 369 Å². The molecule has 0 aliphatic rings. The summed E-state index contributed by atoms with van der Waals surface area (Å²) in [7, 11) is -19.8. The van der Waals surface area contributed by atoms with Crippen molar-refractivity contribution >= 4 is 0 Å². The molecule has 128 valence electrons. The third kappa shape index (κ3) is 5160. The Morgan fingerprint density at radius 3 is 0.238 bits per heavy atom. The molecule has 0 spiro atoms. The van der Waals surface area contributed by atoms with E-state index in [1.807, 2.05) is 0 Å². The molecule has 0 N–H and O–H groups in total. The van der Waals surface area contributed by atoms with Gasteiger partial charge in [-0.05, 0) is 0 Å². The molecule has 0 amide bonds. The zero-order valence-corrected chi connectivity index (χ0v) is 13.1. The SMILES string of the molecule is [O-][Cl+3]([O-])([O-])[O-].[O-][Cl+3]([O-])([O-])[O-].[O-][Cl+3]([O-])([O-])[O-].[O-][Cl+3]([O-])([O-])[O-].[Ti+4]. The van der Waals surface area contributed by atoms with E-state index in [4.69, 9.17) is 74.5 Å². The molecule has 0 aromatic heterocycles. The summed E-state index contributed by atoms with van der Waals surface area (Å²) in [6.07, 6.45) is 0. The molecule has 0 bridgehead atoms. The van der Waals surface area contributed by atoms with Crippen LogP contribution in [0.2, 0.25) is 0 Å². The quantitative estimate of drug-likeness (QED) is 0.312. The Balaban J connectivity index is -0.0000000533. The van der Waals surface area contributed by atoms with Crippen molar-refractivity contribution < 1.29 is 137 Å². The Bertz CT molecular complexity index is 130. The minimum atomic E-state index is -4.94. The fourth-order valence-corrected chi connectivity index (χ4v) is 0. The Hall–Kier alpha value is 1.23. The van der Waals surface area contributed by atoms with Gasteiger partial charge in [0, 0.05) is 0 Å². The van der Waals surface area contributed by atoms with Crippen LogP contribution in [-0.4, -0.2) is 0 Å². The van der Waals surface area contributed by atoms with E-state index < -0.39 is 41.0 Å². The first-order valence-corrected chi connectivity index (χ1v) is 7.41. The Labute approximate surface area is 137 Å². The van der Waals surface area contributed by atoms with Gasteiger partial charge in [-0.1, -0.05) is 0 Å². The molecule has 0 radical (unpaired) electrons. The van der Waals surface area contributed by atoms with Crippen LogP contribution in [0.5, 0.6) is 0 Å². The van der Waals surface area contributed by atoms with Crippen molar-refractivity contribution in [1.82, 2.24) is 0 Å². The fourth-order valence-electron chi connectivity index (χ4n) is 0. The summed E-state index contributed by atoms with van der Waals surface area (Å²) < 4.78 is 136. The maximum atomic E-state index is 8.49. The van der Waals surface area contributed by atoms with Gasteiger partial charge in [-0.25, -0.2) is 74.5 Å². The molecule has 0 saturated heterocycles. The molecule has 21 heavy (non-hydrogen) atoms. The van der Waals surface area contributed by atoms with E-state index in [0.717, 1.165) is 0 Å². The summed E-state index contributed by atoms with van der Waals surface area (Å²) in [5.74, 6) is 0. The van der Waals surface area contributed by atoms with Gasteiger partial charge in [-0.2, -0.15) is 0 Å². The Kier molecular flexibility index (Phi) is 21.9. The van der Waals surface area contributed by atoms with Crippen molar-refractivity contribution in [2.24, 2.45) is 0 Å². The van der Waals surface area contributed by atoms with Gasteiger partial charge in [0.1, 0.15) is 0 Å². The molecule has 16 nitrogen and oxygen atoms in total. The van der Waals surface area contributed by atoms with Crippen LogP contribution in [-0.2, 0) is 21.7 Å². The largest absolute Gasteiger partial charge is 4.00 e. The molecule has 0 aromatic carbocycles. The predicted molar refractivity (Wildman–Crippen MR) is 0 cm³/mol. The number of halogens is 4. The molecule has 0 atom stereocenters. The maximum absolute atomic E-state index is 8.49. The first-order chi connectivity index (χ1) is 8.00. The van der Waals surface area contributed by atoms with Crippen LogP contribution in [0.1, 0.15) is 0 Å². The van der Waals surface area contributed by atoms with Gasteiger partial charge in [-0.15, -0.1) is 41.0 Å². The molecule has 0 aliphatic heterocycles. The molecular formula is Cl4O16Ti. The second kappa shape index (κ2) is 13.7. The third-order valence-electron chi connectivity index (χ3n) is 0. The van der Waals surface area contributed by atoms with Crippen LogP contribution >= 0.6 is 0 Å². The van der Waals surface area contributed by atoms with E-state index in [0.29, 0.717) is 0 Å². The monoisotopic (exact) mass is 444 g/mol. The van der Waals surface area contributed by atoms with Crippen molar-refractivity contribution in [3.05, 3.63) is 0 Å². The van der Waals surface area contributed by atoms with Gasteiger partial charge in [0.15, 0.2) is 0 Å². The van der Waals surface area contributed by atoms with Crippen molar-refractivity contribution in [2.45, 2.75) is 0 Å². The molecule has 0 rings (SSSR count). The zero-order chi connectivity index (χ0) is 18.0. The summed E-state index contributed by atoms with van der Waals surface area (Å²) in [6.45, 7) is 0. The smallest absolute Gasteiger partial charge is 0.222 e. The average Bonchev–Trinajstić information content (AvgIpc) is 1.62. The van der Waals surface area contributed by atoms with Gasteiger partial charge >= 0.3 is 21.7 Å². The summed E-state index contributed by atoms with van der Waals surface area (Å²) >= 11 is 0. The molecule has 0 fully saturated rings. The summed E-state index contributed by atoms with van der Waals surface area (Å²) in [5.41, 5.74) is 0. The Morgan fingerprint density at radius 1 is 0.238 bits per heavy atom. The first kappa shape index (κ1) is 33.8. The number of hydrogen-bond donors (Lipinski definition) is 0. The van der Waals surface area contributed by atoms with E-state index in [9.17, 15) is 0 Å². The standard InChI is InChI=1S/4ClHO4.Ti/c4*2-1(3,4)5;/h4*(H,2,3,4,5);/q;;;;+4/p-4. The normalized spacial score (nSPS) is 11.4. The summed E-state index contributed by atoms with van der Waals surface area (Å²) in [5, 5.41) is 0. The van der Waals surface area contributed by atoms with Crippen molar-refractivity contribution in [2.75, 3.05) is 0 Å². The van der Waals surface area contributed by atoms with Crippen LogP contribution in [0.3, 0.4) is 0 Å². The fraction of sp³-hybridized carbons (Fsp3) is 0. The number of hydrogen-bond acceptors (Lipinski definition) is 16. The second-order valence-corrected chi connectivity index (χ2v) is 4.54. The van der Waals surface area contributed by atoms with Gasteiger partial charge in [0.25, 0.3) is 0 Å². The predicted octanol–water partition coefficient (Wildman–Crippen LogP) is -19.0. The maximum Gasteiger partial charge on any atom is 4.00 e. The summed E-state index contributed by atoms with van der Waals surface area (Å²) in [4.78, 5) is 0. The van der Waals surface area contributed by atoms with Gasteiger partial charge < -0.3 is 0 Å². The van der Waals surface area contributed by atoms with E-state index in [2.05, 4.69) is 0 Å². The van der Waals surface area contributed by atoms with Gasteiger partial charge in [-0.3, -0.25) is 0 Å². The Morgan fingerprint density at radius 2 is 0.238 bits per heavy atom. The first-order valence-electron chi connectivity index (χ1n) is 2.47. The molecule has 21 heteroatoms. The molecule has 0 aliphatic carbocycles.